The molecular weight excluding hydrogens is 228 g/mol. The van der Waals surface area contributed by atoms with E-state index in [1.54, 1.807) is 12.1 Å². The lowest BCUT2D eigenvalue weighted by Crippen LogP contribution is -2.18. The Morgan fingerprint density at radius 2 is 2.00 bits per heavy atom. The smallest absolute Gasteiger partial charge is 0.288 e. The molecule has 16 heavy (non-hydrogen) atoms. The predicted molar refractivity (Wildman–Crippen MR) is 63.6 cm³/mol. The molecule has 1 nitrogen and oxygen atoms in total. The van der Waals surface area contributed by atoms with E-state index >= 15 is 0 Å². The molecule has 1 N–H and O–H groups in total. The Hall–Kier alpha value is -1.05. The minimum Gasteiger partial charge on any atom is -0.300 e. The van der Waals surface area contributed by atoms with Gasteiger partial charge in [0.2, 0.25) is 0 Å². The summed E-state index contributed by atoms with van der Waals surface area (Å²) in [4.78, 5) is 0.572. The summed E-state index contributed by atoms with van der Waals surface area (Å²) >= 11 is 0.551. The molecule has 0 radical (unpaired) electrons. The standard InChI is InChI=1S/C12H13F2NS/c1-3-8-15-9(2)10-4-6-11(7-5-10)16-12(13)14/h1,4-7,9,12,15H,8H2,2H3. The zero-order chi connectivity index (χ0) is 12.0. The highest BCUT2D eigenvalue weighted by Crippen LogP contribution is 2.26. The summed E-state index contributed by atoms with van der Waals surface area (Å²) in [5.41, 5.74) is 1.04. The Morgan fingerprint density at radius 1 is 1.38 bits per heavy atom. The van der Waals surface area contributed by atoms with E-state index in [-0.39, 0.29) is 6.04 Å². The fraction of sp³-hybridized carbons (Fsp3) is 0.333. The van der Waals surface area contributed by atoms with E-state index in [1.807, 2.05) is 19.1 Å². The molecule has 1 aromatic rings. The Labute approximate surface area is 98.6 Å². The summed E-state index contributed by atoms with van der Waals surface area (Å²) in [6.45, 7) is 2.47. The third kappa shape index (κ3) is 4.21. The highest BCUT2D eigenvalue weighted by molar-refractivity contribution is 7.99. The Kier molecular flexibility index (Phi) is 5.30. The van der Waals surface area contributed by atoms with E-state index in [0.29, 0.717) is 23.2 Å². The minimum atomic E-state index is -2.37. The van der Waals surface area contributed by atoms with Crippen LogP contribution in [0.5, 0.6) is 0 Å². The van der Waals surface area contributed by atoms with Gasteiger partial charge in [0.1, 0.15) is 0 Å². The van der Waals surface area contributed by atoms with Gasteiger partial charge in [-0.2, -0.15) is 8.78 Å². The number of rotatable bonds is 5. The van der Waals surface area contributed by atoms with Crippen LogP contribution in [0, 0.1) is 12.3 Å². The van der Waals surface area contributed by atoms with Gasteiger partial charge in [-0.3, -0.25) is 5.32 Å². The first-order valence-electron chi connectivity index (χ1n) is 4.85. The zero-order valence-corrected chi connectivity index (χ0v) is 9.73. The Morgan fingerprint density at radius 3 is 2.50 bits per heavy atom. The third-order valence-corrected chi connectivity index (χ3v) is 2.84. The largest absolute Gasteiger partial charge is 0.300 e. The van der Waals surface area contributed by atoms with Crippen molar-refractivity contribution in [2.24, 2.45) is 0 Å². The molecule has 1 atom stereocenters. The molecule has 0 amide bonds. The first kappa shape index (κ1) is 13.0. The summed E-state index contributed by atoms with van der Waals surface area (Å²) in [7, 11) is 0. The average Bonchev–Trinajstić information content (AvgIpc) is 2.26. The molecule has 0 aliphatic rings. The van der Waals surface area contributed by atoms with Crippen molar-refractivity contribution in [2.75, 3.05) is 6.54 Å². The van der Waals surface area contributed by atoms with E-state index in [1.165, 1.54) is 0 Å². The number of thioether (sulfide) groups is 1. The molecule has 1 rings (SSSR count). The van der Waals surface area contributed by atoms with Crippen molar-refractivity contribution < 1.29 is 8.78 Å². The van der Waals surface area contributed by atoms with Crippen LogP contribution in [0.3, 0.4) is 0 Å². The molecule has 0 heterocycles. The molecule has 1 unspecified atom stereocenters. The summed E-state index contributed by atoms with van der Waals surface area (Å²) in [6.07, 6.45) is 5.13. The van der Waals surface area contributed by atoms with Gasteiger partial charge in [0.15, 0.2) is 0 Å². The van der Waals surface area contributed by atoms with Crippen LogP contribution in [0.4, 0.5) is 8.78 Å². The van der Waals surface area contributed by atoms with E-state index in [9.17, 15) is 8.78 Å². The highest BCUT2D eigenvalue weighted by atomic mass is 32.2. The molecule has 0 aliphatic heterocycles. The number of benzene rings is 1. The lowest BCUT2D eigenvalue weighted by atomic mass is 10.1. The number of halogens is 2. The van der Waals surface area contributed by atoms with Crippen molar-refractivity contribution in [1.29, 1.82) is 0 Å². The summed E-state index contributed by atoms with van der Waals surface area (Å²) in [6, 6.07) is 7.18. The maximum atomic E-state index is 12.1. The highest BCUT2D eigenvalue weighted by Gasteiger charge is 2.07. The number of nitrogens with one attached hydrogen (secondary N) is 1. The number of terminal acetylenes is 1. The first-order chi connectivity index (χ1) is 7.63. The second-order valence-corrected chi connectivity index (χ2v) is 4.32. The van der Waals surface area contributed by atoms with Crippen LogP contribution in [0.2, 0.25) is 0 Å². The van der Waals surface area contributed by atoms with E-state index < -0.39 is 5.76 Å². The SMILES string of the molecule is C#CCNC(C)c1ccc(SC(F)F)cc1. The zero-order valence-electron chi connectivity index (χ0n) is 8.91. The predicted octanol–water partition coefficient (Wildman–Crippen LogP) is 3.29. The van der Waals surface area contributed by atoms with Crippen LogP contribution in [0.1, 0.15) is 18.5 Å². The number of hydrogen-bond donors (Lipinski definition) is 1. The van der Waals surface area contributed by atoms with Gasteiger partial charge < -0.3 is 0 Å². The normalized spacial score (nSPS) is 12.4. The van der Waals surface area contributed by atoms with Gasteiger partial charge in [-0.05, 0) is 24.6 Å². The van der Waals surface area contributed by atoms with Crippen molar-refractivity contribution in [3.05, 3.63) is 29.8 Å². The van der Waals surface area contributed by atoms with Crippen LogP contribution in [0.25, 0.3) is 0 Å². The van der Waals surface area contributed by atoms with Crippen molar-refractivity contribution >= 4 is 11.8 Å². The van der Waals surface area contributed by atoms with Gasteiger partial charge in [-0.15, -0.1) is 6.42 Å². The Bertz CT molecular complexity index is 356. The number of hydrogen-bond acceptors (Lipinski definition) is 2. The number of alkyl halides is 2. The molecule has 0 bridgehead atoms. The second kappa shape index (κ2) is 6.51. The fourth-order valence-electron chi connectivity index (χ4n) is 1.27. The molecule has 0 saturated carbocycles. The molecule has 0 aromatic heterocycles. The molecule has 0 spiro atoms. The van der Waals surface area contributed by atoms with E-state index in [0.717, 1.165) is 5.56 Å². The summed E-state index contributed by atoms with van der Waals surface area (Å²) in [5, 5.41) is 3.12. The lowest BCUT2D eigenvalue weighted by molar-refractivity contribution is 0.252. The quantitative estimate of drug-likeness (QED) is 0.627. The summed E-state index contributed by atoms with van der Waals surface area (Å²) in [5.74, 6) is 0.119. The first-order valence-corrected chi connectivity index (χ1v) is 5.73. The van der Waals surface area contributed by atoms with Gasteiger partial charge >= 0.3 is 0 Å². The van der Waals surface area contributed by atoms with Gasteiger partial charge in [0, 0.05) is 10.9 Å². The van der Waals surface area contributed by atoms with Crippen LogP contribution in [0.15, 0.2) is 29.2 Å². The van der Waals surface area contributed by atoms with Gasteiger partial charge in [-0.1, -0.05) is 29.8 Å². The summed E-state index contributed by atoms with van der Waals surface area (Å²) < 4.78 is 24.1. The monoisotopic (exact) mass is 241 g/mol. The van der Waals surface area contributed by atoms with Gasteiger partial charge in [-0.25, -0.2) is 0 Å². The van der Waals surface area contributed by atoms with Crippen molar-refractivity contribution in [2.45, 2.75) is 23.6 Å². The topological polar surface area (TPSA) is 12.0 Å². The van der Waals surface area contributed by atoms with Crippen LogP contribution < -0.4 is 5.32 Å². The molecular formula is C12H13F2NS. The van der Waals surface area contributed by atoms with Crippen molar-refractivity contribution in [1.82, 2.24) is 5.32 Å². The molecule has 0 saturated heterocycles. The molecule has 0 fully saturated rings. The second-order valence-electron chi connectivity index (χ2n) is 3.25. The van der Waals surface area contributed by atoms with E-state index in [2.05, 4.69) is 11.2 Å². The average molecular weight is 241 g/mol. The maximum absolute atomic E-state index is 12.1. The lowest BCUT2D eigenvalue weighted by Gasteiger charge is -2.12. The van der Waals surface area contributed by atoms with Crippen molar-refractivity contribution in [3.8, 4) is 12.3 Å². The fourth-order valence-corrected chi connectivity index (χ4v) is 1.77. The molecule has 0 aliphatic carbocycles. The van der Waals surface area contributed by atoms with Crippen LogP contribution in [-0.4, -0.2) is 12.3 Å². The maximum Gasteiger partial charge on any atom is 0.288 e. The minimum absolute atomic E-state index is 0.127. The molecule has 1 aromatic carbocycles. The van der Waals surface area contributed by atoms with Crippen LogP contribution in [-0.2, 0) is 0 Å². The Balaban J connectivity index is 2.60. The van der Waals surface area contributed by atoms with Gasteiger partial charge in [0.05, 0.1) is 6.54 Å². The third-order valence-electron chi connectivity index (χ3n) is 2.12. The molecule has 4 heteroatoms. The molecule has 86 valence electrons. The van der Waals surface area contributed by atoms with E-state index in [4.69, 9.17) is 6.42 Å². The van der Waals surface area contributed by atoms with Gasteiger partial charge in [0.25, 0.3) is 5.76 Å². The van der Waals surface area contributed by atoms with Crippen molar-refractivity contribution in [3.63, 3.8) is 0 Å². The van der Waals surface area contributed by atoms with Crippen LogP contribution >= 0.6 is 11.8 Å².